The second-order valence-corrected chi connectivity index (χ2v) is 15.9. The number of unbranched alkanes of at least 4 members (excludes halogenated alkanes) is 16. The van der Waals surface area contributed by atoms with Gasteiger partial charge in [0, 0.05) is 13.0 Å². The summed E-state index contributed by atoms with van der Waals surface area (Å²) in [6.07, 6.45) is 23.6. The lowest BCUT2D eigenvalue weighted by Crippen LogP contribution is -2.64. The Labute approximate surface area is 325 Å². The third-order valence-corrected chi connectivity index (χ3v) is 10.5. The summed E-state index contributed by atoms with van der Waals surface area (Å²) < 4.78 is 34.0. The lowest BCUT2D eigenvalue weighted by atomic mass is 9.85. The maximum Gasteiger partial charge on any atom is 0.472 e. The molecule has 1 aliphatic carbocycles. The van der Waals surface area contributed by atoms with Crippen molar-refractivity contribution >= 4 is 13.8 Å². The number of hydrogen-bond acceptors (Lipinski definition) is 11. The fraction of sp³-hybridized carbons (Fsp3) is 0.829. The van der Waals surface area contributed by atoms with Crippen LogP contribution in [0.1, 0.15) is 155 Å². The first kappa shape index (κ1) is 50.6. The molecule has 54 heavy (non-hydrogen) atoms. The minimum atomic E-state index is -5.01. The summed E-state index contributed by atoms with van der Waals surface area (Å²) in [4.78, 5) is 23.0. The summed E-state index contributed by atoms with van der Waals surface area (Å²) >= 11 is 0. The molecule has 1 fully saturated rings. The Morgan fingerprint density at radius 1 is 0.611 bits per heavy atom. The van der Waals surface area contributed by atoms with Crippen LogP contribution in [0.3, 0.4) is 0 Å². The van der Waals surface area contributed by atoms with Gasteiger partial charge in [0.25, 0.3) is 0 Å². The maximum absolute atomic E-state index is 12.8. The van der Waals surface area contributed by atoms with E-state index in [4.69, 9.17) is 18.5 Å². The highest BCUT2D eigenvalue weighted by molar-refractivity contribution is 7.47. The van der Waals surface area contributed by atoms with E-state index in [0.717, 1.165) is 70.6 Å². The van der Waals surface area contributed by atoms with Crippen molar-refractivity contribution in [3.05, 3.63) is 36.5 Å². The summed E-state index contributed by atoms with van der Waals surface area (Å²) in [7, 11) is -5.01. The summed E-state index contributed by atoms with van der Waals surface area (Å²) in [5.41, 5.74) is 0. The van der Waals surface area contributed by atoms with E-state index in [1.54, 1.807) is 0 Å². The number of phosphoric ester groups is 1. The smallest absolute Gasteiger partial charge is 0.457 e. The molecule has 1 rings (SSSR count). The molecule has 6 N–H and O–H groups in total. The van der Waals surface area contributed by atoms with E-state index < -0.39 is 63.1 Å². The van der Waals surface area contributed by atoms with Crippen molar-refractivity contribution in [1.82, 2.24) is 0 Å². The van der Waals surface area contributed by atoms with Gasteiger partial charge in [-0.15, -0.1) is 0 Å². The Hall–Kier alpha value is -1.44. The first-order chi connectivity index (χ1) is 26.0. The van der Waals surface area contributed by atoms with Gasteiger partial charge in [-0.25, -0.2) is 4.57 Å². The molecule has 0 aromatic rings. The molecule has 6 unspecified atom stereocenters. The normalized spacial score (nSPS) is 23.8. The number of aliphatic hydroxyl groups is 5. The van der Waals surface area contributed by atoms with Gasteiger partial charge in [-0.1, -0.05) is 140 Å². The van der Waals surface area contributed by atoms with Crippen molar-refractivity contribution in [3.63, 3.8) is 0 Å². The molecule has 0 aliphatic heterocycles. The molecule has 0 amide bonds. The van der Waals surface area contributed by atoms with Gasteiger partial charge in [-0.2, -0.15) is 0 Å². The van der Waals surface area contributed by atoms with Crippen molar-refractivity contribution in [2.75, 3.05) is 19.8 Å². The first-order valence-electron chi connectivity index (χ1n) is 20.8. The second-order valence-electron chi connectivity index (χ2n) is 14.5. The quantitative estimate of drug-likeness (QED) is 0.0163. The lowest BCUT2D eigenvalue weighted by molar-refractivity contribution is -0.220. The Balaban J connectivity index is 2.46. The predicted molar refractivity (Wildman–Crippen MR) is 212 cm³/mol. The predicted octanol–water partition coefficient (Wildman–Crippen LogP) is 7.53. The van der Waals surface area contributed by atoms with Crippen LogP contribution in [0.2, 0.25) is 0 Å². The number of allylic oxidation sites excluding steroid dienone is 6. The van der Waals surface area contributed by atoms with Crippen LogP contribution in [0, 0.1) is 0 Å². The zero-order valence-electron chi connectivity index (χ0n) is 33.3. The number of carbonyl (C=O) groups is 1. The molecule has 12 nitrogen and oxygen atoms in total. The lowest BCUT2D eigenvalue weighted by Gasteiger charge is -2.41. The van der Waals surface area contributed by atoms with Gasteiger partial charge in [0.05, 0.1) is 13.2 Å². The Morgan fingerprint density at radius 2 is 1.09 bits per heavy atom. The molecule has 0 heterocycles. The number of hydrogen-bond donors (Lipinski definition) is 6. The zero-order chi connectivity index (χ0) is 39.9. The van der Waals surface area contributed by atoms with Crippen molar-refractivity contribution in [3.8, 4) is 0 Å². The molecule has 316 valence electrons. The molecule has 0 aromatic carbocycles. The maximum atomic E-state index is 12.8. The molecule has 1 saturated carbocycles. The van der Waals surface area contributed by atoms with E-state index in [0.29, 0.717) is 13.0 Å². The number of carbonyl (C=O) groups excluding carboxylic acids is 1. The van der Waals surface area contributed by atoms with Crippen molar-refractivity contribution in [1.29, 1.82) is 0 Å². The largest absolute Gasteiger partial charge is 0.472 e. The third-order valence-electron chi connectivity index (χ3n) is 9.53. The van der Waals surface area contributed by atoms with Gasteiger partial charge in [0.1, 0.15) is 42.7 Å². The number of aliphatic hydroxyl groups excluding tert-OH is 5. The minimum absolute atomic E-state index is 0.0821. The standard InChI is InChI=1S/C41H75O12P/c1-3-5-7-9-11-13-15-17-18-19-20-22-24-26-28-30-35(42)52-34(32-50-31-29-27-25-23-21-16-14-12-10-8-6-4-2)33-51-54(48,49)53-41-39(46)37(44)36(43)38(45)40(41)47/h5,7,11,13,17-18,34,36-41,43-47H,3-4,6,8-10,12,14-16,19-33H2,1-2H3,(H,48,49)/b7-5-,13-11-,18-17-. The van der Waals surface area contributed by atoms with Crippen molar-refractivity contribution < 1.29 is 58.3 Å². The van der Waals surface area contributed by atoms with Gasteiger partial charge >= 0.3 is 13.8 Å². The Kier molecular flexibility index (Phi) is 30.6. The summed E-state index contributed by atoms with van der Waals surface area (Å²) in [5.74, 6) is -0.495. The highest BCUT2D eigenvalue weighted by atomic mass is 31.2. The van der Waals surface area contributed by atoms with E-state index >= 15 is 0 Å². The van der Waals surface area contributed by atoms with Gasteiger partial charge < -0.3 is 39.9 Å². The summed E-state index contributed by atoms with van der Waals surface area (Å²) in [6.45, 7) is 4.11. The zero-order valence-corrected chi connectivity index (χ0v) is 34.2. The van der Waals surface area contributed by atoms with Crippen LogP contribution in [0.15, 0.2) is 36.5 Å². The highest BCUT2D eigenvalue weighted by Gasteiger charge is 2.51. The number of ether oxygens (including phenoxy) is 2. The van der Waals surface area contributed by atoms with Crippen LogP contribution < -0.4 is 0 Å². The second kappa shape index (κ2) is 32.6. The number of rotatable bonds is 34. The molecule has 1 aliphatic rings. The van der Waals surface area contributed by atoms with Gasteiger partial charge in [0.2, 0.25) is 0 Å². The first-order valence-corrected chi connectivity index (χ1v) is 22.3. The van der Waals surface area contributed by atoms with E-state index in [1.807, 2.05) is 0 Å². The van der Waals surface area contributed by atoms with Gasteiger partial charge in [-0.05, 0) is 44.9 Å². The molecule has 0 spiro atoms. The van der Waals surface area contributed by atoms with Crippen LogP contribution in [0.4, 0.5) is 0 Å². The van der Waals surface area contributed by atoms with Crippen LogP contribution in [0.25, 0.3) is 0 Å². The number of esters is 1. The topological polar surface area (TPSA) is 192 Å². The van der Waals surface area contributed by atoms with E-state index in [1.165, 1.54) is 57.8 Å². The average Bonchev–Trinajstić information content (AvgIpc) is 3.15. The Morgan fingerprint density at radius 3 is 1.67 bits per heavy atom. The van der Waals surface area contributed by atoms with Crippen LogP contribution in [-0.4, -0.2) is 98.9 Å². The molecule has 6 atom stereocenters. The fourth-order valence-electron chi connectivity index (χ4n) is 6.19. The van der Waals surface area contributed by atoms with Gasteiger partial charge in [0.15, 0.2) is 0 Å². The summed E-state index contributed by atoms with van der Waals surface area (Å²) in [5, 5.41) is 50.0. The minimum Gasteiger partial charge on any atom is -0.457 e. The Bertz CT molecular complexity index is 1040. The van der Waals surface area contributed by atoms with E-state index in [2.05, 4.69) is 50.3 Å². The van der Waals surface area contributed by atoms with E-state index in [9.17, 15) is 39.8 Å². The van der Waals surface area contributed by atoms with Gasteiger partial charge in [-0.3, -0.25) is 13.8 Å². The fourth-order valence-corrected chi connectivity index (χ4v) is 7.16. The van der Waals surface area contributed by atoms with Crippen molar-refractivity contribution in [2.24, 2.45) is 0 Å². The third kappa shape index (κ3) is 24.9. The SMILES string of the molecule is CC/C=C\C/C=C\C/C=C\CCCCCCCC(=O)OC(COCCCCCCCCCCCCCC)COP(=O)(O)OC1C(O)C(O)C(O)C(O)C1O. The molecule has 0 aromatic heterocycles. The van der Waals surface area contributed by atoms with Crippen LogP contribution in [0.5, 0.6) is 0 Å². The monoisotopic (exact) mass is 790 g/mol. The molecular formula is C41H75O12P. The van der Waals surface area contributed by atoms with Crippen molar-refractivity contribution in [2.45, 2.75) is 198 Å². The van der Waals surface area contributed by atoms with E-state index in [-0.39, 0.29) is 13.0 Å². The van der Waals surface area contributed by atoms with Crippen LogP contribution >= 0.6 is 7.82 Å². The van der Waals surface area contributed by atoms with Crippen LogP contribution in [-0.2, 0) is 27.9 Å². The highest BCUT2D eigenvalue weighted by Crippen LogP contribution is 2.47. The molecular weight excluding hydrogens is 715 g/mol. The molecule has 13 heteroatoms. The molecule has 0 radical (unpaired) electrons. The molecule has 0 saturated heterocycles. The summed E-state index contributed by atoms with van der Waals surface area (Å²) in [6, 6.07) is 0. The average molecular weight is 791 g/mol. The molecule has 0 bridgehead atoms. The number of phosphoric acid groups is 1.